The molecule has 1 aliphatic rings. The topological polar surface area (TPSA) is 105 Å². The van der Waals surface area contributed by atoms with Gasteiger partial charge in [0.15, 0.2) is 0 Å². The smallest absolute Gasteiger partial charge is 0.337 e. The van der Waals surface area contributed by atoms with E-state index in [1.165, 1.54) is 36.3 Å². The van der Waals surface area contributed by atoms with Gasteiger partial charge in [0.1, 0.15) is 6.04 Å². The fourth-order valence-corrected chi connectivity index (χ4v) is 2.46. The lowest BCUT2D eigenvalue weighted by atomic mass is 10.1. The number of carbonyl (C=O) groups excluding carboxylic acids is 4. The molecule has 3 amide bonds. The summed E-state index contributed by atoms with van der Waals surface area (Å²) >= 11 is 0. The first kappa shape index (κ1) is 17.5. The number of nitrogens with zero attached hydrogens (tertiary/aromatic N) is 1. The summed E-state index contributed by atoms with van der Waals surface area (Å²) in [6, 6.07) is 5.22. The van der Waals surface area contributed by atoms with Gasteiger partial charge >= 0.3 is 5.97 Å². The molecule has 2 N–H and O–H groups in total. The molecule has 0 radical (unpaired) electrons. The van der Waals surface area contributed by atoms with Gasteiger partial charge in [0.05, 0.1) is 19.2 Å². The summed E-state index contributed by atoms with van der Waals surface area (Å²) < 4.78 is 4.59. The summed E-state index contributed by atoms with van der Waals surface area (Å²) in [4.78, 5) is 48.6. The maximum atomic E-state index is 12.2. The highest BCUT2D eigenvalue weighted by molar-refractivity contribution is 5.98. The predicted molar refractivity (Wildman–Crippen MR) is 84.3 cm³/mol. The molecule has 0 saturated carbocycles. The Balaban J connectivity index is 2.00. The van der Waals surface area contributed by atoms with Gasteiger partial charge in [0, 0.05) is 18.7 Å². The molecular formula is C16H19N3O5. The van der Waals surface area contributed by atoms with Crippen LogP contribution in [0.3, 0.4) is 0 Å². The number of likely N-dealkylation sites (N-methyl/N-ethyl adjacent to an activating group) is 1. The second kappa shape index (κ2) is 7.58. The van der Waals surface area contributed by atoms with E-state index in [9.17, 15) is 19.2 Å². The van der Waals surface area contributed by atoms with Crippen molar-refractivity contribution in [2.45, 2.75) is 13.0 Å². The van der Waals surface area contributed by atoms with Gasteiger partial charge in [-0.15, -0.1) is 0 Å². The third-order valence-electron chi connectivity index (χ3n) is 3.78. The van der Waals surface area contributed by atoms with Crippen molar-refractivity contribution < 1.29 is 23.9 Å². The third kappa shape index (κ3) is 3.70. The van der Waals surface area contributed by atoms with Crippen molar-refractivity contribution >= 4 is 23.7 Å². The van der Waals surface area contributed by atoms with Crippen LogP contribution in [0.1, 0.15) is 27.6 Å². The van der Waals surface area contributed by atoms with Crippen molar-refractivity contribution in [3.05, 3.63) is 35.4 Å². The first-order valence-electron chi connectivity index (χ1n) is 7.51. The second-order valence-corrected chi connectivity index (χ2v) is 5.19. The maximum Gasteiger partial charge on any atom is 0.337 e. The van der Waals surface area contributed by atoms with Crippen LogP contribution in [0.15, 0.2) is 24.3 Å². The van der Waals surface area contributed by atoms with Gasteiger partial charge in [0.2, 0.25) is 11.8 Å². The van der Waals surface area contributed by atoms with Crippen molar-refractivity contribution in [2.75, 3.05) is 26.7 Å². The fourth-order valence-electron chi connectivity index (χ4n) is 2.46. The lowest BCUT2D eigenvalue weighted by molar-refractivity contribution is -0.145. The van der Waals surface area contributed by atoms with Crippen molar-refractivity contribution in [1.82, 2.24) is 15.5 Å². The summed E-state index contributed by atoms with van der Waals surface area (Å²) in [6.45, 7) is 2.16. The Hall–Kier alpha value is -2.90. The number of methoxy groups -OCH3 is 1. The van der Waals surface area contributed by atoms with Crippen LogP contribution in [-0.2, 0) is 14.3 Å². The van der Waals surface area contributed by atoms with Crippen LogP contribution in [0.4, 0.5) is 0 Å². The Bertz CT molecular complexity index is 656. The number of esters is 1. The number of nitrogens with one attached hydrogen (secondary N) is 2. The average Bonchev–Trinajstić information content (AvgIpc) is 2.61. The Labute approximate surface area is 139 Å². The molecule has 2 rings (SSSR count). The average molecular weight is 333 g/mol. The molecule has 0 unspecified atom stereocenters. The van der Waals surface area contributed by atoms with Gasteiger partial charge < -0.3 is 20.3 Å². The Kier molecular flexibility index (Phi) is 5.51. The Morgan fingerprint density at radius 2 is 1.88 bits per heavy atom. The van der Waals surface area contributed by atoms with Gasteiger partial charge in [-0.1, -0.05) is 0 Å². The number of ether oxygens (including phenoxy) is 1. The van der Waals surface area contributed by atoms with E-state index in [2.05, 4.69) is 15.4 Å². The van der Waals surface area contributed by atoms with E-state index in [1.807, 2.05) is 0 Å². The largest absolute Gasteiger partial charge is 0.465 e. The predicted octanol–water partition coefficient (Wildman–Crippen LogP) is -0.450. The standard InChI is InChI=1S/C16H19N3O5/c1-3-19-12(15(22)18-9-13(19)20)8-17-14(21)10-4-6-11(7-5-10)16(23)24-2/h4-7,12H,3,8-9H2,1-2H3,(H,17,21)(H,18,22)/t12-/m0/s1. The van der Waals surface area contributed by atoms with E-state index in [0.717, 1.165) is 0 Å². The summed E-state index contributed by atoms with van der Waals surface area (Å²) in [6.07, 6.45) is 0. The molecule has 1 atom stereocenters. The molecule has 0 aliphatic carbocycles. The van der Waals surface area contributed by atoms with E-state index < -0.39 is 17.9 Å². The fraction of sp³-hybridized carbons (Fsp3) is 0.375. The number of carbonyl (C=O) groups is 4. The van der Waals surface area contributed by atoms with Gasteiger partial charge in [0.25, 0.3) is 5.91 Å². The highest BCUT2D eigenvalue weighted by Crippen LogP contribution is 2.08. The minimum atomic E-state index is -0.727. The SMILES string of the molecule is CCN1C(=O)CNC(=O)[C@@H]1CNC(=O)c1ccc(C(=O)OC)cc1. The van der Waals surface area contributed by atoms with Gasteiger partial charge in [-0.3, -0.25) is 14.4 Å². The molecule has 0 aromatic heterocycles. The summed E-state index contributed by atoms with van der Waals surface area (Å²) in [5.41, 5.74) is 0.678. The van der Waals surface area contributed by atoms with Crippen LogP contribution in [-0.4, -0.2) is 61.4 Å². The van der Waals surface area contributed by atoms with E-state index >= 15 is 0 Å². The van der Waals surface area contributed by atoms with Crippen LogP contribution in [0.25, 0.3) is 0 Å². The van der Waals surface area contributed by atoms with Crippen molar-refractivity contribution in [1.29, 1.82) is 0 Å². The molecule has 0 bridgehead atoms. The molecule has 8 nitrogen and oxygen atoms in total. The zero-order valence-electron chi connectivity index (χ0n) is 13.5. The zero-order chi connectivity index (χ0) is 17.7. The molecular weight excluding hydrogens is 314 g/mol. The van der Waals surface area contributed by atoms with Crippen LogP contribution in [0.2, 0.25) is 0 Å². The molecule has 8 heteroatoms. The molecule has 1 aromatic carbocycles. The van der Waals surface area contributed by atoms with E-state index in [4.69, 9.17) is 0 Å². The molecule has 1 heterocycles. The summed E-state index contributed by atoms with van der Waals surface area (Å²) in [5.74, 6) is -1.36. The van der Waals surface area contributed by atoms with Crippen LogP contribution in [0.5, 0.6) is 0 Å². The lowest BCUT2D eigenvalue weighted by Crippen LogP contribution is -2.61. The lowest BCUT2D eigenvalue weighted by Gasteiger charge is -2.34. The second-order valence-electron chi connectivity index (χ2n) is 5.19. The quantitative estimate of drug-likeness (QED) is 0.710. The third-order valence-corrected chi connectivity index (χ3v) is 3.78. The molecule has 1 aliphatic heterocycles. The van der Waals surface area contributed by atoms with E-state index in [0.29, 0.717) is 17.7 Å². The Morgan fingerprint density at radius 1 is 1.25 bits per heavy atom. The first-order valence-corrected chi connectivity index (χ1v) is 7.51. The molecule has 1 aromatic rings. The summed E-state index contributed by atoms with van der Waals surface area (Å²) in [5, 5.41) is 5.14. The highest BCUT2D eigenvalue weighted by Gasteiger charge is 2.33. The molecule has 24 heavy (non-hydrogen) atoms. The normalized spacial score (nSPS) is 17.2. The van der Waals surface area contributed by atoms with E-state index in [1.54, 1.807) is 6.92 Å². The van der Waals surface area contributed by atoms with Gasteiger partial charge in [-0.2, -0.15) is 0 Å². The van der Waals surface area contributed by atoms with Crippen LogP contribution < -0.4 is 10.6 Å². The van der Waals surface area contributed by atoms with Crippen LogP contribution >= 0.6 is 0 Å². The number of hydrogen-bond acceptors (Lipinski definition) is 5. The van der Waals surface area contributed by atoms with Gasteiger partial charge in [-0.25, -0.2) is 4.79 Å². The molecule has 128 valence electrons. The van der Waals surface area contributed by atoms with Crippen molar-refractivity contribution in [3.63, 3.8) is 0 Å². The molecule has 1 saturated heterocycles. The Morgan fingerprint density at radius 3 is 2.46 bits per heavy atom. The number of hydrogen-bond donors (Lipinski definition) is 2. The number of benzene rings is 1. The van der Waals surface area contributed by atoms with Crippen molar-refractivity contribution in [3.8, 4) is 0 Å². The van der Waals surface area contributed by atoms with E-state index in [-0.39, 0.29) is 24.9 Å². The number of amides is 3. The van der Waals surface area contributed by atoms with Gasteiger partial charge in [-0.05, 0) is 31.2 Å². The number of rotatable bonds is 5. The highest BCUT2D eigenvalue weighted by atomic mass is 16.5. The van der Waals surface area contributed by atoms with Crippen molar-refractivity contribution in [2.24, 2.45) is 0 Å². The number of piperazine rings is 1. The zero-order valence-corrected chi connectivity index (χ0v) is 13.5. The first-order chi connectivity index (χ1) is 11.5. The monoisotopic (exact) mass is 333 g/mol. The summed E-state index contributed by atoms with van der Waals surface area (Å²) in [7, 11) is 1.28. The minimum Gasteiger partial charge on any atom is -0.465 e. The minimum absolute atomic E-state index is 0.0169. The molecule has 1 fully saturated rings. The maximum absolute atomic E-state index is 12.2. The molecule has 0 spiro atoms. The van der Waals surface area contributed by atoms with Crippen LogP contribution in [0, 0.1) is 0 Å².